The zero-order valence-corrected chi connectivity index (χ0v) is 21.8. The van der Waals surface area contributed by atoms with Crippen molar-refractivity contribution in [2.75, 3.05) is 13.1 Å². The molecule has 1 amide bonds. The molecule has 0 bridgehead atoms. The van der Waals surface area contributed by atoms with Gasteiger partial charge in [0.05, 0.1) is 5.02 Å². The van der Waals surface area contributed by atoms with Gasteiger partial charge >= 0.3 is 6.09 Å². The van der Waals surface area contributed by atoms with Crippen molar-refractivity contribution in [1.82, 2.24) is 4.90 Å². The quantitative estimate of drug-likeness (QED) is 0.349. The third kappa shape index (κ3) is 6.52. The molecule has 0 aliphatic heterocycles. The largest absolute Gasteiger partial charge is 0.415 e. The number of hydrogen-bond donors (Lipinski definition) is 0. The summed E-state index contributed by atoms with van der Waals surface area (Å²) in [7, 11) is 0. The molecule has 0 heterocycles. The summed E-state index contributed by atoms with van der Waals surface area (Å²) in [6, 6.07) is 18.4. The van der Waals surface area contributed by atoms with E-state index in [0.29, 0.717) is 40.9 Å². The van der Waals surface area contributed by atoms with Gasteiger partial charge in [-0.15, -0.1) is 0 Å². The zero-order chi connectivity index (χ0) is 24.5. The molecule has 0 fully saturated rings. The van der Waals surface area contributed by atoms with Crippen molar-refractivity contribution >= 4 is 29.3 Å². The number of rotatable bonds is 6. The highest BCUT2D eigenvalue weighted by atomic mass is 35.5. The Balaban J connectivity index is 0.00000187. The molecule has 5 heteroatoms. The van der Waals surface area contributed by atoms with E-state index < -0.39 is 6.09 Å². The Hall–Kier alpha value is -2.49. The highest BCUT2D eigenvalue weighted by Crippen LogP contribution is 2.37. The minimum absolute atomic E-state index is 0.393. The summed E-state index contributed by atoms with van der Waals surface area (Å²) in [5, 5.41) is 1.01. The fourth-order valence-electron chi connectivity index (χ4n) is 3.57. The van der Waals surface area contributed by atoms with E-state index in [1.807, 2.05) is 52.8 Å². The SMILES string of the molecule is CC.CCN(CC)C(=O)Oc1cc(Cl)c(Cc2ccc(C)c(-c3ccccc3)c2)c(Cl)c1C. The first-order valence-corrected chi connectivity index (χ1v) is 12.2. The molecule has 33 heavy (non-hydrogen) atoms. The third-order valence-corrected chi connectivity index (χ3v) is 6.35. The van der Waals surface area contributed by atoms with Gasteiger partial charge in [-0.05, 0) is 55.5 Å². The van der Waals surface area contributed by atoms with Crippen LogP contribution in [0.25, 0.3) is 11.1 Å². The molecule has 0 atom stereocenters. The lowest BCUT2D eigenvalue weighted by atomic mass is 9.95. The van der Waals surface area contributed by atoms with Gasteiger partial charge in [0, 0.05) is 36.2 Å². The zero-order valence-electron chi connectivity index (χ0n) is 20.3. The van der Waals surface area contributed by atoms with Crippen LogP contribution in [-0.2, 0) is 6.42 Å². The van der Waals surface area contributed by atoms with Gasteiger partial charge in [-0.2, -0.15) is 0 Å². The van der Waals surface area contributed by atoms with Gasteiger partial charge in [0.25, 0.3) is 0 Å². The molecule has 0 spiro atoms. The second kappa shape index (κ2) is 12.7. The maximum absolute atomic E-state index is 12.3. The van der Waals surface area contributed by atoms with Crippen molar-refractivity contribution < 1.29 is 9.53 Å². The van der Waals surface area contributed by atoms with Crippen LogP contribution >= 0.6 is 23.2 Å². The topological polar surface area (TPSA) is 29.5 Å². The van der Waals surface area contributed by atoms with Gasteiger partial charge in [-0.1, -0.05) is 85.6 Å². The summed E-state index contributed by atoms with van der Waals surface area (Å²) in [5.74, 6) is 0.393. The lowest BCUT2D eigenvalue weighted by molar-refractivity contribution is 0.157. The van der Waals surface area contributed by atoms with Crippen LogP contribution in [0.15, 0.2) is 54.6 Å². The Morgan fingerprint density at radius 2 is 1.58 bits per heavy atom. The van der Waals surface area contributed by atoms with Crippen LogP contribution in [0.5, 0.6) is 5.75 Å². The number of hydrogen-bond acceptors (Lipinski definition) is 2. The number of ether oxygens (including phenoxy) is 1. The number of carbonyl (C=O) groups is 1. The molecular weight excluding hydrogens is 453 g/mol. The lowest BCUT2D eigenvalue weighted by Gasteiger charge is -2.20. The predicted octanol–water partition coefficient (Wildman–Crippen LogP) is 8.73. The predicted molar refractivity (Wildman–Crippen MR) is 141 cm³/mol. The summed E-state index contributed by atoms with van der Waals surface area (Å²) in [6.45, 7) is 12.9. The van der Waals surface area contributed by atoms with Crippen molar-refractivity contribution in [2.45, 2.75) is 48.0 Å². The van der Waals surface area contributed by atoms with Crippen molar-refractivity contribution in [2.24, 2.45) is 0 Å². The van der Waals surface area contributed by atoms with Crippen LogP contribution in [0.2, 0.25) is 10.0 Å². The lowest BCUT2D eigenvalue weighted by Crippen LogP contribution is -2.33. The van der Waals surface area contributed by atoms with Crippen molar-refractivity contribution in [1.29, 1.82) is 0 Å². The average molecular weight is 486 g/mol. The van der Waals surface area contributed by atoms with E-state index in [0.717, 1.165) is 11.1 Å². The maximum atomic E-state index is 12.3. The van der Waals surface area contributed by atoms with Gasteiger partial charge in [-0.3, -0.25) is 0 Å². The van der Waals surface area contributed by atoms with Gasteiger partial charge in [0.1, 0.15) is 5.75 Å². The van der Waals surface area contributed by atoms with E-state index in [9.17, 15) is 4.79 Å². The number of halogens is 2. The number of aryl methyl sites for hydroxylation is 1. The monoisotopic (exact) mass is 485 g/mol. The van der Waals surface area contributed by atoms with Gasteiger partial charge < -0.3 is 9.64 Å². The van der Waals surface area contributed by atoms with E-state index in [-0.39, 0.29) is 0 Å². The number of carbonyl (C=O) groups excluding carboxylic acids is 1. The molecule has 0 saturated carbocycles. The molecule has 176 valence electrons. The van der Waals surface area contributed by atoms with Crippen LogP contribution in [0, 0.1) is 13.8 Å². The van der Waals surface area contributed by atoms with Gasteiger partial charge in [-0.25, -0.2) is 4.79 Å². The minimum atomic E-state index is -0.404. The Morgan fingerprint density at radius 3 is 2.18 bits per heavy atom. The van der Waals surface area contributed by atoms with Crippen LogP contribution in [-0.4, -0.2) is 24.1 Å². The molecule has 0 N–H and O–H groups in total. The standard InChI is InChI=1S/C26H27Cl2NO2.C2H6/c1-5-29(6-2)26(30)31-24-16-23(27)22(25(28)18(24)4)15-19-13-12-17(3)21(14-19)20-10-8-7-9-11-20;1-2/h7-14,16H,5-6,15H2,1-4H3;1-2H3. The van der Waals surface area contributed by atoms with Gasteiger partial charge in [0.15, 0.2) is 0 Å². The summed E-state index contributed by atoms with van der Waals surface area (Å²) in [4.78, 5) is 14.0. The molecule has 0 saturated heterocycles. The number of nitrogens with zero attached hydrogens (tertiary/aromatic N) is 1. The molecule has 3 aromatic rings. The van der Waals surface area contributed by atoms with Crippen molar-refractivity contribution in [3.05, 3.63) is 86.9 Å². The molecule has 0 aliphatic rings. The summed E-state index contributed by atoms with van der Waals surface area (Å²) >= 11 is 13.3. The highest BCUT2D eigenvalue weighted by Gasteiger charge is 2.19. The highest BCUT2D eigenvalue weighted by molar-refractivity contribution is 6.36. The summed E-state index contributed by atoms with van der Waals surface area (Å²) in [5.41, 5.74) is 6.21. The van der Waals surface area contributed by atoms with E-state index in [1.165, 1.54) is 16.7 Å². The van der Waals surface area contributed by atoms with Crippen LogP contribution < -0.4 is 4.74 Å². The fraction of sp³-hybridized carbons (Fsp3) is 0.321. The van der Waals surface area contributed by atoms with Crippen molar-refractivity contribution in [3.63, 3.8) is 0 Å². The second-order valence-electron chi connectivity index (χ2n) is 7.51. The third-order valence-electron chi connectivity index (χ3n) is 5.50. The maximum Gasteiger partial charge on any atom is 0.415 e. The van der Waals surface area contributed by atoms with E-state index in [4.69, 9.17) is 27.9 Å². The Kier molecular flexibility index (Phi) is 10.3. The smallest absolute Gasteiger partial charge is 0.410 e. The van der Waals surface area contributed by atoms with Crippen LogP contribution in [0.3, 0.4) is 0 Å². The molecule has 3 nitrogen and oxygen atoms in total. The second-order valence-corrected chi connectivity index (χ2v) is 8.29. The van der Waals surface area contributed by atoms with Crippen LogP contribution in [0.4, 0.5) is 4.79 Å². The normalized spacial score (nSPS) is 10.3. The first kappa shape index (κ1) is 26.8. The molecule has 0 unspecified atom stereocenters. The Bertz CT molecular complexity index is 1080. The van der Waals surface area contributed by atoms with E-state index >= 15 is 0 Å². The number of amides is 1. The Morgan fingerprint density at radius 1 is 0.939 bits per heavy atom. The molecule has 0 aliphatic carbocycles. The fourth-order valence-corrected chi connectivity index (χ4v) is 4.14. The molecule has 3 rings (SSSR count). The first-order valence-electron chi connectivity index (χ1n) is 11.4. The molecule has 0 aromatic heterocycles. The van der Waals surface area contributed by atoms with Gasteiger partial charge in [0.2, 0.25) is 0 Å². The van der Waals surface area contributed by atoms with Crippen molar-refractivity contribution in [3.8, 4) is 16.9 Å². The van der Waals surface area contributed by atoms with E-state index in [1.54, 1.807) is 11.0 Å². The number of benzene rings is 3. The molecule has 3 aromatic carbocycles. The molecule has 0 radical (unpaired) electrons. The van der Waals surface area contributed by atoms with Crippen LogP contribution in [0.1, 0.15) is 49.9 Å². The summed E-state index contributed by atoms with van der Waals surface area (Å²) < 4.78 is 5.57. The molecular formula is C28H33Cl2NO2. The van der Waals surface area contributed by atoms with E-state index in [2.05, 4.69) is 37.3 Å². The first-order chi connectivity index (χ1) is 15.8. The Labute approximate surface area is 208 Å². The summed E-state index contributed by atoms with van der Waals surface area (Å²) in [6.07, 6.45) is 0.183. The average Bonchev–Trinajstić information content (AvgIpc) is 2.83. The minimum Gasteiger partial charge on any atom is -0.410 e.